The highest BCUT2D eigenvalue weighted by molar-refractivity contribution is 8.20. The fourth-order valence-corrected chi connectivity index (χ4v) is 6.82. The zero-order valence-electron chi connectivity index (χ0n) is 13.9. The molecule has 0 radical (unpaired) electrons. The molecule has 0 unspecified atom stereocenters. The topological polar surface area (TPSA) is 40.6 Å². The van der Waals surface area contributed by atoms with Gasteiger partial charge in [-0.2, -0.15) is 11.1 Å². The number of allylic oxidation sites excluding steroid dienone is 2. The lowest BCUT2D eigenvalue weighted by atomic mass is 9.79. The highest BCUT2D eigenvalue weighted by Gasteiger charge is 2.50. The largest absolute Gasteiger partial charge is 0.279 e. The quantitative estimate of drug-likeness (QED) is 0.627. The normalized spacial score (nSPS) is 29.8. The molecule has 22 heavy (non-hydrogen) atoms. The van der Waals surface area contributed by atoms with Crippen molar-refractivity contribution in [2.75, 3.05) is 0 Å². The van der Waals surface area contributed by atoms with Crippen LogP contribution >= 0.6 is 11.1 Å². The second kappa shape index (κ2) is 5.24. The number of nitrogens with zero attached hydrogens (tertiary/aromatic N) is 2. The molecular formula is C17H26N2O2S. The van der Waals surface area contributed by atoms with Crippen LogP contribution in [-0.2, 0) is 9.59 Å². The summed E-state index contributed by atoms with van der Waals surface area (Å²) in [6.45, 7) is 8.98. The van der Waals surface area contributed by atoms with Crippen molar-refractivity contribution in [1.82, 2.24) is 9.21 Å². The lowest BCUT2D eigenvalue weighted by Gasteiger charge is -2.58. The average Bonchev–Trinajstić information content (AvgIpc) is 2.97. The number of imide groups is 1. The van der Waals surface area contributed by atoms with Crippen LogP contribution in [0.15, 0.2) is 23.0 Å². The van der Waals surface area contributed by atoms with Gasteiger partial charge < -0.3 is 0 Å². The third-order valence-electron chi connectivity index (χ3n) is 4.89. The van der Waals surface area contributed by atoms with Crippen molar-refractivity contribution in [3.8, 4) is 0 Å². The van der Waals surface area contributed by atoms with Crippen LogP contribution in [0.3, 0.4) is 0 Å². The molecule has 0 N–H and O–H groups in total. The Kier molecular flexibility index (Phi) is 3.76. The van der Waals surface area contributed by atoms with Crippen LogP contribution in [0.5, 0.6) is 0 Å². The van der Waals surface area contributed by atoms with E-state index in [1.54, 1.807) is 4.90 Å². The number of carbonyl (C=O) groups is 2. The summed E-state index contributed by atoms with van der Waals surface area (Å²) in [5.41, 5.74) is -0.0828. The molecule has 0 atom stereocenters. The van der Waals surface area contributed by atoms with Crippen LogP contribution < -0.4 is 0 Å². The number of carbonyl (C=O) groups excluding carboxylic acids is 2. The predicted octanol–water partition coefficient (Wildman–Crippen LogP) is 3.11. The van der Waals surface area contributed by atoms with Gasteiger partial charge in [0.2, 0.25) is 11.8 Å². The van der Waals surface area contributed by atoms with Crippen LogP contribution in [0, 0.1) is 0 Å². The molecule has 2 fully saturated rings. The van der Waals surface area contributed by atoms with Crippen molar-refractivity contribution in [1.29, 1.82) is 0 Å². The highest BCUT2D eigenvalue weighted by atomic mass is 32.2. The van der Waals surface area contributed by atoms with E-state index in [9.17, 15) is 9.59 Å². The molecule has 0 bridgehead atoms. The first-order chi connectivity index (χ1) is 10.2. The van der Waals surface area contributed by atoms with E-state index < -0.39 is 11.1 Å². The van der Waals surface area contributed by atoms with Gasteiger partial charge in [-0.25, -0.2) is 0 Å². The fraction of sp³-hybridized carbons (Fsp3) is 0.647. The molecule has 5 heteroatoms. The van der Waals surface area contributed by atoms with Crippen molar-refractivity contribution < 1.29 is 9.59 Å². The van der Waals surface area contributed by atoms with E-state index in [-0.39, 0.29) is 28.9 Å². The van der Waals surface area contributed by atoms with Crippen LogP contribution in [0.2, 0.25) is 0 Å². The number of hydrogen-bond donors (Lipinski definition) is 1. The molecule has 0 aromatic carbocycles. The summed E-state index contributed by atoms with van der Waals surface area (Å²) in [6.07, 6.45) is 6.73. The van der Waals surface area contributed by atoms with Crippen LogP contribution in [0.25, 0.3) is 0 Å². The number of piperidine rings is 1. The van der Waals surface area contributed by atoms with E-state index in [1.165, 1.54) is 0 Å². The van der Waals surface area contributed by atoms with Gasteiger partial charge in [0.25, 0.3) is 0 Å². The maximum absolute atomic E-state index is 12.1. The first-order valence-corrected chi connectivity index (χ1v) is 9.44. The fourth-order valence-electron chi connectivity index (χ4n) is 4.49. The zero-order valence-corrected chi connectivity index (χ0v) is 14.8. The standard InChI is InChI=1S/C17H26N2O2S/c1-16(2)11-13(18-14(20)7-8-15(18)21)12-17(3,4)19(16)22-9-5-6-10-22/h5-6,9-10,13,22H,7-8,11-12H2,1-4H3. The molecule has 0 saturated carbocycles. The molecule has 0 spiro atoms. The van der Waals surface area contributed by atoms with Gasteiger partial charge in [0, 0.05) is 30.0 Å². The molecule has 0 aromatic rings. The summed E-state index contributed by atoms with van der Waals surface area (Å²) < 4.78 is 2.59. The van der Waals surface area contributed by atoms with Gasteiger partial charge in [-0.3, -0.25) is 18.8 Å². The van der Waals surface area contributed by atoms with Gasteiger partial charge in [0.15, 0.2) is 0 Å². The molecule has 3 heterocycles. The molecule has 3 rings (SSSR count). The Morgan fingerprint density at radius 1 is 0.955 bits per heavy atom. The lowest BCUT2D eigenvalue weighted by Crippen LogP contribution is -2.62. The second-order valence-electron chi connectivity index (χ2n) is 7.72. The van der Waals surface area contributed by atoms with Gasteiger partial charge in [0.1, 0.15) is 0 Å². The summed E-state index contributed by atoms with van der Waals surface area (Å²) in [6, 6.07) is 0.0364. The number of likely N-dealkylation sites (tertiary alicyclic amines) is 1. The van der Waals surface area contributed by atoms with E-state index in [0.29, 0.717) is 12.8 Å². The minimum absolute atomic E-state index is 0.0152. The molecule has 2 saturated heterocycles. The number of rotatable bonds is 2. The van der Waals surface area contributed by atoms with Crippen molar-refractivity contribution in [3.63, 3.8) is 0 Å². The summed E-state index contributed by atoms with van der Waals surface area (Å²) in [5.74, 6) is 0.0304. The Bertz CT molecular complexity index is 519. The van der Waals surface area contributed by atoms with Gasteiger partial charge in [-0.1, -0.05) is 12.2 Å². The lowest BCUT2D eigenvalue weighted by molar-refractivity contribution is -0.144. The number of hydrogen-bond acceptors (Lipinski definition) is 3. The second-order valence-corrected chi connectivity index (χ2v) is 9.48. The molecule has 0 aliphatic carbocycles. The van der Waals surface area contributed by atoms with Crippen molar-refractivity contribution in [2.24, 2.45) is 0 Å². The first-order valence-electron chi connectivity index (χ1n) is 8.01. The maximum Gasteiger partial charge on any atom is 0.229 e. The van der Waals surface area contributed by atoms with Gasteiger partial charge in [0.05, 0.1) is 0 Å². The summed E-state index contributed by atoms with van der Waals surface area (Å²) >= 11 is -0.409. The Morgan fingerprint density at radius 2 is 1.41 bits per heavy atom. The van der Waals surface area contributed by atoms with Crippen LogP contribution in [0.1, 0.15) is 53.4 Å². The van der Waals surface area contributed by atoms with Gasteiger partial charge in [-0.05, 0) is 51.4 Å². The molecule has 3 aliphatic rings. The maximum atomic E-state index is 12.1. The zero-order chi connectivity index (χ0) is 16.1. The Morgan fingerprint density at radius 3 is 1.86 bits per heavy atom. The predicted molar refractivity (Wildman–Crippen MR) is 91.4 cm³/mol. The van der Waals surface area contributed by atoms with Crippen LogP contribution in [-0.4, -0.2) is 38.1 Å². The summed E-state index contributed by atoms with van der Waals surface area (Å²) in [5, 5.41) is 4.57. The Hall–Kier alpha value is -1.07. The minimum Gasteiger partial charge on any atom is -0.279 e. The van der Waals surface area contributed by atoms with E-state index in [0.717, 1.165) is 12.8 Å². The van der Waals surface area contributed by atoms with Crippen LogP contribution in [0.4, 0.5) is 0 Å². The SMILES string of the molecule is CC1(C)CC(N2C(=O)CCC2=O)CC(C)(C)N1[SH]1C=CC=C1. The van der Waals surface area contributed by atoms with Gasteiger partial charge in [-0.15, -0.1) is 0 Å². The summed E-state index contributed by atoms with van der Waals surface area (Å²) in [4.78, 5) is 25.8. The molecule has 122 valence electrons. The van der Waals surface area contributed by atoms with E-state index in [1.807, 2.05) is 0 Å². The van der Waals surface area contributed by atoms with Crippen molar-refractivity contribution >= 4 is 22.9 Å². The van der Waals surface area contributed by atoms with Crippen molar-refractivity contribution in [3.05, 3.63) is 23.0 Å². The summed E-state index contributed by atoms with van der Waals surface area (Å²) in [7, 11) is 0. The number of amides is 2. The van der Waals surface area contributed by atoms with Gasteiger partial charge >= 0.3 is 0 Å². The minimum atomic E-state index is -0.409. The molecule has 3 aliphatic heterocycles. The molecule has 2 amide bonds. The third kappa shape index (κ3) is 2.54. The van der Waals surface area contributed by atoms with E-state index in [4.69, 9.17) is 0 Å². The monoisotopic (exact) mass is 322 g/mol. The highest BCUT2D eigenvalue weighted by Crippen LogP contribution is 2.53. The van der Waals surface area contributed by atoms with E-state index >= 15 is 0 Å². The Labute approximate surface area is 135 Å². The molecular weight excluding hydrogens is 296 g/mol. The molecule has 4 nitrogen and oxygen atoms in total. The third-order valence-corrected chi connectivity index (χ3v) is 7.39. The Balaban J connectivity index is 1.89. The van der Waals surface area contributed by atoms with Crippen molar-refractivity contribution in [2.45, 2.75) is 70.5 Å². The van der Waals surface area contributed by atoms with E-state index in [2.05, 4.69) is 55.0 Å². The first kappa shape index (κ1) is 15.8. The number of thiol groups is 1. The molecule has 0 aromatic heterocycles. The average molecular weight is 322 g/mol. The smallest absolute Gasteiger partial charge is 0.229 e.